The molecule has 96 valence electrons. The van der Waals surface area contributed by atoms with E-state index in [9.17, 15) is 0 Å². The fraction of sp³-hybridized carbons (Fsp3) is 0.500. The fourth-order valence-electron chi connectivity index (χ4n) is 2.62. The summed E-state index contributed by atoms with van der Waals surface area (Å²) < 4.78 is 5.82. The minimum atomic E-state index is 0.245. The van der Waals surface area contributed by atoms with Gasteiger partial charge in [-0.1, -0.05) is 24.9 Å². The van der Waals surface area contributed by atoms with Gasteiger partial charge in [-0.2, -0.15) is 0 Å². The largest absolute Gasteiger partial charge is 0.439 e. The fourth-order valence-corrected chi connectivity index (χ4v) is 2.78. The number of nitrogens with one attached hydrogen (secondary N) is 1. The van der Waals surface area contributed by atoms with Crippen LogP contribution in [0, 0.1) is 5.92 Å². The number of halogens is 1. The lowest BCUT2D eigenvalue weighted by atomic mass is 9.90. The van der Waals surface area contributed by atoms with Crippen LogP contribution >= 0.6 is 11.6 Å². The predicted molar refractivity (Wildman–Crippen MR) is 72.8 cm³/mol. The predicted octanol–water partition coefficient (Wildman–Crippen LogP) is 3.93. The van der Waals surface area contributed by atoms with Gasteiger partial charge < -0.3 is 9.73 Å². The zero-order valence-corrected chi connectivity index (χ0v) is 11.2. The van der Waals surface area contributed by atoms with Crippen molar-refractivity contribution in [1.29, 1.82) is 0 Å². The van der Waals surface area contributed by atoms with Gasteiger partial charge in [0.2, 0.25) is 5.89 Å². The quantitative estimate of drug-likeness (QED) is 0.893. The lowest BCUT2D eigenvalue weighted by Gasteiger charge is -2.27. The highest BCUT2D eigenvalue weighted by Crippen LogP contribution is 2.31. The first-order valence-electron chi connectivity index (χ1n) is 6.55. The second kappa shape index (κ2) is 4.90. The lowest BCUT2D eigenvalue weighted by molar-refractivity contribution is 0.268. The van der Waals surface area contributed by atoms with E-state index in [1.165, 1.54) is 12.8 Å². The summed E-state index contributed by atoms with van der Waals surface area (Å²) in [5, 5.41) is 4.17. The number of hydrogen-bond acceptors (Lipinski definition) is 3. The van der Waals surface area contributed by atoms with Crippen LogP contribution in [0.1, 0.15) is 38.1 Å². The molecule has 3 rings (SSSR count). The second-order valence-electron chi connectivity index (χ2n) is 4.97. The molecule has 4 heteroatoms. The van der Waals surface area contributed by atoms with Crippen LogP contribution in [0.15, 0.2) is 22.6 Å². The van der Waals surface area contributed by atoms with Crippen molar-refractivity contribution < 1.29 is 4.42 Å². The normalized spacial score (nSPS) is 24.6. The minimum Gasteiger partial charge on any atom is -0.439 e. The molecule has 1 N–H and O–H groups in total. The SMILES string of the molecule is CCC1CCNC(c2nc3ccc(Cl)cc3o2)C1. The molecule has 0 spiro atoms. The van der Waals surface area contributed by atoms with Crippen molar-refractivity contribution in [3.63, 3.8) is 0 Å². The Labute approximate surface area is 112 Å². The summed E-state index contributed by atoms with van der Waals surface area (Å²) in [7, 11) is 0. The van der Waals surface area contributed by atoms with Gasteiger partial charge in [-0.05, 0) is 37.4 Å². The van der Waals surface area contributed by atoms with E-state index in [0.29, 0.717) is 5.02 Å². The summed E-state index contributed by atoms with van der Waals surface area (Å²) in [6, 6.07) is 5.83. The van der Waals surface area contributed by atoms with Crippen LogP contribution in [-0.4, -0.2) is 11.5 Å². The Bertz CT molecular complexity index is 552. The van der Waals surface area contributed by atoms with E-state index >= 15 is 0 Å². The van der Waals surface area contributed by atoms with Gasteiger partial charge >= 0.3 is 0 Å². The molecule has 1 fully saturated rings. The molecule has 18 heavy (non-hydrogen) atoms. The summed E-state index contributed by atoms with van der Waals surface area (Å²) in [6.07, 6.45) is 3.58. The molecule has 3 nitrogen and oxygen atoms in total. The molecule has 1 aromatic carbocycles. The number of fused-ring (bicyclic) bond motifs is 1. The molecule has 1 aliphatic rings. The highest BCUT2D eigenvalue weighted by atomic mass is 35.5. The first-order valence-corrected chi connectivity index (χ1v) is 6.93. The maximum absolute atomic E-state index is 5.96. The molecule has 2 aromatic rings. The van der Waals surface area contributed by atoms with Crippen LogP contribution in [-0.2, 0) is 0 Å². The van der Waals surface area contributed by atoms with E-state index in [4.69, 9.17) is 16.0 Å². The maximum Gasteiger partial charge on any atom is 0.212 e. The van der Waals surface area contributed by atoms with Crippen LogP contribution in [0.2, 0.25) is 5.02 Å². The van der Waals surface area contributed by atoms with Crippen LogP contribution in [0.4, 0.5) is 0 Å². The van der Waals surface area contributed by atoms with Gasteiger partial charge in [0.1, 0.15) is 5.52 Å². The summed E-state index contributed by atoms with van der Waals surface area (Å²) >= 11 is 5.96. The van der Waals surface area contributed by atoms with E-state index < -0.39 is 0 Å². The summed E-state index contributed by atoms with van der Waals surface area (Å²) in [4.78, 5) is 4.56. The van der Waals surface area contributed by atoms with Gasteiger partial charge in [0.05, 0.1) is 6.04 Å². The molecule has 0 aliphatic carbocycles. The molecule has 2 unspecified atom stereocenters. The van der Waals surface area contributed by atoms with Crippen LogP contribution < -0.4 is 5.32 Å². The third-order valence-electron chi connectivity index (χ3n) is 3.75. The third kappa shape index (κ3) is 2.25. The minimum absolute atomic E-state index is 0.245. The van der Waals surface area contributed by atoms with Crippen molar-refractivity contribution in [2.24, 2.45) is 5.92 Å². The number of oxazole rings is 1. The van der Waals surface area contributed by atoms with Crippen molar-refractivity contribution in [1.82, 2.24) is 10.3 Å². The molecule has 1 saturated heterocycles. The number of nitrogens with zero attached hydrogens (tertiary/aromatic N) is 1. The third-order valence-corrected chi connectivity index (χ3v) is 3.99. The molecule has 1 aromatic heterocycles. The number of aromatic nitrogens is 1. The lowest BCUT2D eigenvalue weighted by Crippen LogP contribution is -2.31. The van der Waals surface area contributed by atoms with E-state index in [2.05, 4.69) is 17.2 Å². The Balaban J connectivity index is 1.89. The van der Waals surface area contributed by atoms with Crippen LogP contribution in [0.5, 0.6) is 0 Å². The molecule has 2 heterocycles. The van der Waals surface area contributed by atoms with E-state index in [1.54, 1.807) is 0 Å². The zero-order valence-electron chi connectivity index (χ0n) is 10.4. The smallest absolute Gasteiger partial charge is 0.212 e. The Hall–Kier alpha value is -1.06. The number of benzene rings is 1. The zero-order chi connectivity index (χ0) is 12.5. The van der Waals surface area contributed by atoms with E-state index in [1.807, 2.05) is 18.2 Å². The Morgan fingerprint density at radius 2 is 2.39 bits per heavy atom. The first-order chi connectivity index (χ1) is 8.76. The van der Waals surface area contributed by atoms with Gasteiger partial charge in [0, 0.05) is 11.1 Å². The molecular weight excluding hydrogens is 248 g/mol. The van der Waals surface area contributed by atoms with Gasteiger partial charge in [-0.15, -0.1) is 0 Å². The average molecular weight is 265 g/mol. The second-order valence-corrected chi connectivity index (χ2v) is 5.41. The van der Waals surface area contributed by atoms with Crippen molar-refractivity contribution in [2.75, 3.05) is 6.54 Å². The van der Waals surface area contributed by atoms with Gasteiger partial charge in [-0.25, -0.2) is 4.98 Å². The molecule has 0 radical (unpaired) electrons. The summed E-state index contributed by atoms with van der Waals surface area (Å²) in [6.45, 7) is 3.29. The van der Waals surface area contributed by atoms with E-state index in [0.717, 1.165) is 35.9 Å². The number of rotatable bonds is 2. The van der Waals surface area contributed by atoms with Gasteiger partial charge in [0.25, 0.3) is 0 Å². The van der Waals surface area contributed by atoms with Crippen LogP contribution in [0.3, 0.4) is 0 Å². The Kier molecular flexibility index (Phi) is 3.27. The summed E-state index contributed by atoms with van der Waals surface area (Å²) in [5.74, 6) is 1.57. The average Bonchev–Trinajstić information content (AvgIpc) is 2.81. The molecule has 2 atom stereocenters. The topological polar surface area (TPSA) is 38.1 Å². The van der Waals surface area contributed by atoms with Gasteiger partial charge in [-0.3, -0.25) is 0 Å². The highest BCUT2D eigenvalue weighted by Gasteiger charge is 2.25. The van der Waals surface area contributed by atoms with Crippen molar-refractivity contribution in [3.05, 3.63) is 29.1 Å². The molecule has 0 bridgehead atoms. The standard InChI is InChI=1S/C14H17ClN2O/c1-2-9-5-6-16-12(7-9)14-17-11-4-3-10(15)8-13(11)18-14/h3-4,8-9,12,16H,2,5-7H2,1H3. The monoisotopic (exact) mass is 264 g/mol. The molecular formula is C14H17ClN2O. The summed E-state index contributed by atoms with van der Waals surface area (Å²) in [5.41, 5.74) is 1.66. The Morgan fingerprint density at radius 3 is 3.22 bits per heavy atom. The van der Waals surface area contributed by atoms with Gasteiger partial charge in [0.15, 0.2) is 5.58 Å². The maximum atomic E-state index is 5.96. The first kappa shape index (κ1) is 12.0. The van der Waals surface area contributed by atoms with E-state index in [-0.39, 0.29) is 6.04 Å². The van der Waals surface area contributed by atoms with Crippen LogP contribution in [0.25, 0.3) is 11.1 Å². The Morgan fingerprint density at radius 1 is 1.50 bits per heavy atom. The van der Waals surface area contributed by atoms with Crippen molar-refractivity contribution >= 4 is 22.7 Å². The number of piperidine rings is 1. The molecule has 0 saturated carbocycles. The molecule has 0 amide bonds. The highest BCUT2D eigenvalue weighted by molar-refractivity contribution is 6.31. The number of hydrogen-bond donors (Lipinski definition) is 1. The van der Waals surface area contributed by atoms with Crippen molar-refractivity contribution in [2.45, 2.75) is 32.2 Å². The molecule has 1 aliphatic heterocycles. The van der Waals surface area contributed by atoms with Crippen molar-refractivity contribution in [3.8, 4) is 0 Å².